The molecule has 0 saturated carbocycles. The maximum absolute atomic E-state index is 12.2. The molecule has 1 aromatic carbocycles. The largest absolute Gasteiger partial charge is 0.494 e. The molecule has 0 spiro atoms. The summed E-state index contributed by atoms with van der Waals surface area (Å²) in [5.41, 5.74) is -0.195. The first-order valence-electron chi connectivity index (χ1n) is 6.85. The van der Waals surface area contributed by atoms with Crippen molar-refractivity contribution in [2.45, 2.75) is 43.8 Å². The number of sulfonamides is 1. The lowest BCUT2D eigenvalue weighted by Crippen LogP contribution is -2.41. The fourth-order valence-corrected chi connectivity index (χ4v) is 2.97. The van der Waals surface area contributed by atoms with Gasteiger partial charge < -0.3 is 9.31 Å². The van der Waals surface area contributed by atoms with Crippen LogP contribution in [-0.4, -0.2) is 45.1 Å². The van der Waals surface area contributed by atoms with E-state index in [4.69, 9.17) is 9.31 Å². The van der Waals surface area contributed by atoms with E-state index in [-0.39, 0.29) is 4.90 Å². The zero-order valence-electron chi connectivity index (χ0n) is 13.4. The molecule has 1 aliphatic heterocycles. The molecule has 0 aromatic heterocycles. The highest BCUT2D eigenvalue weighted by atomic mass is 32.2. The first-order chi connectivity index (χ1) is 9.47. The topological polar surface area (TPSA) is 55.8 Å². The number of rotatable bonds is 3. The maximum Gasteiger partial charge on any atom is 0.494 e. The molecule has 0 atom stereocenters. The molecular weight excluding hydrogens is 289 g/mol. The van der Waals surface area contributed by atoms with Crippen molar-refractivity contribution in [3.63, 3.8) is 0 Å². The van der Waals surface area contributed by atoms with Gasteiger partial charge in [-0.2, -0.15) is 0 Å². The van der Waals surface area contributed by atoms with Gasteiger partial charge in [-0.25, -0.2) is 12.7 Å². The summed E-state index contributed by atoms with van der Waals surface area (Å²) < 4.78 is 37.5. The lowest BCUT2D eigenvalue weighted by Gasteiger charge is -2.32. The van der Waals surface area contributed by atoms with Crippen molar-refractivity contribution >= 4 is 22.6 Å². The van der Waals surface area contributed by atoms with Gasteiger partial charge in [0, 0.05) is 14.1 Å². The van der Waals surface area contributed by atoms with Crippen LogP contribution in [0.1, 0.15) is 27.7 Å². The van der Waals surface area contributed by atoms with Gasteiger partial charge in [0.25, 0.3) is 0 Å². The summed E-state index contributed by atoms with van der Waals surface area (Å²) in [5.74, 6) is 0. The van der Waals surface area contributed by atoms with Crippen molar-refractivity contribution in [3.05, 3.63) is 24.3 Å². The fraction of sp³-hybridized carbons (Fsp3) is 0.571. The van der Waals surface area contributed by atoms with E-state index < -0.39 is 28.3 Å². The van der Waals surface area contributed by atoms with Gasteiger partial charge >= 0.3 is 7.12 Å². The molecule has 1 fully saturated rings. The van der Waals surface area contributed by atoms with Gasteiger partial charge in [0.15, 0.2) is 0 Å². The molecule has 0 amide bonds. The minimum atomic E-state index is -3.46. The Hall–Kier alpha value is -0.885. The van der Waals surface area contributed by atoms with Crippen LogP contribution in [0.3, 0.4) is 0 Å². The Morgan fingerprint density at radius 1 is 1.05 bits per heavy atom. The number of nitrogens with zero attached hydrogens (tertiary/aromatic N) is 1. The van der Waals surface area contributed by atoms with Gasteiger partial charge in [0.1, 0.15) is 0 Å². The van der Waals surface area contributed by atoms with Gasteiger partial charge in [-0.05, 0) is 45.3 Å². The quantitative estimate of drug-likeness (QED) is 0.788. The van der Waals surface area contributed by atoms with E-state index in [1.807, 2.05) is 33.8 Å². The van der Waals surface area contributed by atoms with Crippen molar-refractivity contribution < 1.29 is 17.7 Å². The number of hydrogen-bond donors (Lipinski definition) is 0. The molecule has 0 radical (unpaired) electrons. The molecule has 2 rings (SSSR count). The molecule has 0 N–H and O–H groups in total. The molecule has 1 aromatic rings. The first-order valence-corrected chi connectivity index (χ1v) is 8.29. The van der Waals surface area contributed by atoms with Gasteiger partial charge in [0.2, 0.25) is 10.0 Å². The smallest absolute Gasteiger partial charge is 0.399 e. The third-order valence-electron chi connectivity index (χ3n) is 4.16. The average molecular weight is 311 g/mol. The van der Waals surface area contributed by atoms with Gasteiger partial charge in [-0.3, -0.25) is 0 Å². The second-order valence-corrected chi connectivity index (χ2v) is 8.60. The third-order valence-corrected chi connectivity index (χ3v) is 5.97. The van der Waals surface area contributed by atoms with Crippen LogP contribution in [0.15, 0.2) is 29.2 Å². The van der Waals surface area contributed by atoms with E-state index in [9.17, 15) is 8.42 Å². The molecular formula is C14H22BNO4S. The van der Waals surface area contributed by atoms with Gasteiger partial charge in [-0.15, -0.1) is 0 Å². The van der Waals surface area contributed by atoms with Crippen LogP contribution in [-0.2, 0) is 19.3 Å². The monoisotopic (exact) mass is 311 g/mol. The lowest BCUT2D eigenvalue weighted by atomic mass is 9.79. The van der Waals surface area contributed by atoms with Crippen molar-refractivity contribution in [2.24, 2.45) is 0 Å². The molecule has 1 aliphatic rings. The normalized spacial score (nSPS) is 21.0. The maximum atomic E-state index is 12.2. The molecule has 0 unspecified atom stereocenters. The van der Waals surface area contributed by atoms with Gasteiger partial charge in [0.05, 0.1) is 16.1 Å². The van der Waals surface area contributed by atoms with Crippen LogP contribution in [0.25, 0.3) is 0 Å². The van der Waals surface area contributed by atoms with E-state index in [0.717, 1.165) is 0 Å². The van der Waals surface area contributed by atoms with Crippen molar-refractivity contribution in [1.29, 1.82) is 0 Å². The van der Waals surface area contributed by atoms with E-state index in [1.54, 1.807) is 18.2 Å². The minimum absolute atomic E-state index is 0.236. The predicted octanol–water partition coefficient (Wildman–Crippen LogP) is 1.24. The summed E-state index contributed by atoms with van der Waals surface area (Å²) in [5, 5.41) is 0. The molecule has 5 nitrogen and oxygen atoms in total. The molecule has 1 heterocycles. The van der Waals surface area contributed by atoms with E-state index in [2.05, 4.69) is 0 Å². The zero-order valence-corrected chi connectivity index (χ0v) is 14.2. The highest BCUT2D eigenvalue weighted by Crippen LogP contribution is 2.36. The highest BCUT2D eigenvalue weighted by molar-refractivity contribution is 7.89. The van der Waals surface area contributed by atoms with Crippen LogP contribution < -0.4 is 5.46 Å². The molecule has 0 bridgehead atoms. The van der Waals surface area contributed by atoms with Crippen LogP contribution in [0.2, 0.25) is 0 Å². The third kappa shape index (κ3) is 2.88. The molecule has 0 aliphatic carbocycles. The SMILES string of the molecule is CN(C)S(=O)(=O)c1cccc(B2OC(C)(C)C(C)(C)O2)c1. The Kier molecular flexibility index (Phi) is 3.99. The van der Waals surface area contributed by atoms with E-state index in [1.165, 1.54) is 18.4 Å². The second kappa shape index (κ2) is 5.09. The predicted molar refractivity (Wildman–Crippen MR) is 83.0 cm³/mol. The summed E-state index contributed by atoms with van der Waals surface area (Å²) in [4.78, 5) is 0.236. The summed E-state index contributed by atoms with van der Waals surface area (Å²) in [6.45, 7) is 7.86. The number of benzene rings is 1. The Bertz CT molecular complexity index is 624. The standard InChI is InChI=1S/C14H22BNO4S/c1-13(2)14(3,4)20-15(19-13)11-8-7-9-12(10-11)21(17,18)16(5)6/h7-10H,1-6H3. The Balaban J connectivity index is 2.37. The van der Waals surface area contributed by atoms with Gasteiger partial charge in [-0.1, -0.05) is 12.1 Å². The van der Waals surface area contributed by atoms with E-state index in [0.29, 0.717) is 5.46 Å². The summed E-state index contributed by atoms with van der Waals surface area (Å²) in [6.07, 6.45) is 0. The summed E-state index contributed by atoms with van der Waals surface area (Å²) in [6, 6.07) is 6.70. The zero-order chi connectivity index (χ0) is 16.1. The summed E-state index contributed by atoms with van der Waals surface area (Å²) in [7, 11) is -1.01. The number of hydrogen-bond acceptors (Lipinski definition) is 4. The second-order valence-electron chi connectivity index (χ2n) is 6.45. The van der Waals surface area contributed by atoms with Crippen molar-refractivity contribution in [1.82, 2.24) is 4.31 Å². The lowest BCUT2D eigenvalue weighted by molar-refractivity contribution is 0.00578. The van der Waals surface area contributed by atoms with Crippen LogP contribution in [0.4, 0.5) is 0 Å². The first kappa shape index (κ1) is 16.5. The summed E-state index contributed by atoms with van der Waals surface area (Å²) >= 11 is 0. The van der Waals surface area contributed by atoms with E-state index >= 15 is 0 Å². The minimum Gasteiger partial charge on any atom is -0.399 e. The van der Waals surface area contributed by atoms with Crippen LogP contribution >= 0.6 is 0 Å². The average Bonchev–Trinajstić information content (AvgIpc) is 2.58. The van der Waals surface area contributed by atoms with Crippen molar-refractivity contribution in [3.8, 4) is 0 Å². The molecule has 1 saturated heterocycles. The Morgan fingerprint density at radius 3 is 2.05 bits per heavy atom. The molecule has 7 heteroatoms. The molecule has 21 heavy (non-hydrogen) atoms. The molecule has 116 valence electrons. The van der Waals surface area contributed by atoms with Crippen LogP contribution in [0, 0.1) is 0 Å². The highest BCUT2D eigenvalue weighted by Gasteiger charge is 2.51. The van der Waals surface area contributed by atoms with Crippen molar-refractivity contribution in [2.75, 3.05) is 14.1 Å². The Labute approximate surface area is 127 Å². The van der Waals surface area contributed by atoms with Crippen LogP contribution in [0.5, 0.6) is 0 Å². The fourth-order valence-electron chi connectivity index (χ4n) is 2.01. The Morgan fingerprint density at radius 2 is 1.57 bits per heavy atom.